The van der Waals surface area contributed by atoms with Crippen LogP contribution >= 0.6 is 0 Å². The van der Waals surface area contributed by atoms with E-state index in [9.17, 15) is 4.79 Å². The summed E-state index contributed by atoms with van der Waals surface area (Å²) in [5, 5.41) is 4.06. The molecular formula is C21H20N2O3. The van der Waals surface area contributed by atoms with Crippen molar-refractivity contribution in [3.63, 3.8) is 0 Å². The molecule has 0 bridgehead atoms. The number of fused-ring (bicyclic) bond motifs is 1. The number of carbonyl (C=O) groups excluding carboxylic acids is 1. The number of hydrazone groups is 1. The van der Waals surface area contributed by atoms with Crippen LogP contribution in [0.1, 0.15) is 12.5 Å². The lowest BCUT2D eigenvalue weighted by Crippen LogP contribution is -2.42. The van der Waals surface area contributed by atoms with Crippen LogP contribution in [0.2, 0.25) is 0 Å². The second kappa shape index (κ2) is 8.67. The lowest BCUT2D eigenvalue weighted by Gasteiger charge is -2.24. The number of carbonyl (C=O) groups is 1. The van der Waals surface area contributed by atoms with Crippen molar-refractivity contribution >= 4 is 17.7 Å². The molecule has 132 valence electrons. The van der Waals surface area contributed by atoms with E-state index >= 15 is 0 Å². The Hall–Kier alpha value is -3.34. The van der Waals surface area contributed by atoms with E-state index in [4.69, 9.17) is 9.47 Å². The molecule has 3 rings (SSSR count). The van der Waals surface area contributed by atoms with Gasteiger partial charge in [-0.05, 0) is 30.7 Å². The quantitative estimate of drug-likeness (QED) is 0.510. The molecule has 2 aromatic carbocycles. The van der Waals surface area contributed by atoms with Gasteiger partial charge in [0.15, 0.2) is 11.5 Å². The van der Waals surface area contributed by atoms with Gasteiger partial charge in [-0.3, -0.25) is 4.79 Å². The van der Waals surface area contributed by atoms with E-state index in [-0.39, 0.29) is 12.5 Å². The van der Waals surface area contributed by atoms with Crippen LogP contribution in [0.4, 0.5) is 0 Å². The molecule has 1 amide bonds. The van der Waals surface area contributed by atoms with Crippen molar-refractivity contribution in [1.82, 2.24) is 5.43 Å². The molecule has 0 spiro atoms. The number of ether oxygens (including phenoxy) is 2. The highest BCUT2D eigenvalue weighted by Crippen LogP contribution is 2.30. The van der Waals surface area contributed by atoms with Crippen molar-refractivity contribution in [1.29, 1.82) is 0 Å². The van der Waals surface area contributed by atoms with E-state index in [0.717, 1.165) is 5.56 Å². The summed E-state index contributed by atoms with van der Waals surface area (Å²) in [7, 11) is 0. The van der Waals surface area contributed by atoms with Gasteiger partial charge in [0.2, 0.25) is 6.10 Å². The van der Waals surface area contributed by atoms with Crippen molar-refractivity contribution in [2.24, 2.45) is 5.10 Å². The van der Waals surface area contributed by atoms with Crippen molar-refractivity contribution in [3.8, 4) is 11.5 Å². The molecule has 0 aliphatic carbocycles. The highest BCUT2D eigenvalue weighted by atomic mass is 16.6. The maximum Gasteiger partial charge on any atom is 0.284 e. The minimum atomic E-state index is -0.719. The lowest BCUT2D eigenvalue weighted by molar-refractivity contribution is -0.130. The Morgan fingerprint density at radius 3 is 2.62 bits per heavy atom. The predicted molar refractivity (Wildman–Crippen MR) is 102 cm³/mol. The molecule has 0 radical (unpaired) electrons. The number of rotatable bonds is 5. The Morgan fingerprint density at radius 2 is 1.81 bits per heavy atom. The first-order valence-corrected chi connectivity index (χ1v) is 8.35. The molecule has 5 nitrogen and oxygen atoms in total. The summed E-state index contributed by atoms with van der Waals surface area (Å²) in [6.45, 7) is 1.97. The molecule has 1 aliphatic rings. The fraction of sp³-hybridized carbons (Fsp3) is 0.143. The Kier molecular flexibility index (Phi) is 5.83. The summed E-state index contributed by atoms with van der Waals surface area (Å²) < 4.78 is 11.2. The molecule has 1 heterocycles. The molecule has 0 saturated carbocycles. The van der Waals surface area contributed by atoms with Crippen LogP contribution in [0.3, 0.4) is 0 Å². The topological polar surface area (TPSA) is 59.9 Å². The zero-order valence-corrected chi connectivity index (χ0v) is 14.5. The molecule has 0 saturated heterocycles. The SMILES string of the molecule is CC(C=CC=Cc1ccccc1)=NNC(=O)C1COc2ccccc2O1. The van der Waals surface area contributed by atoms with Crippen LogP contribution in [-0.4, -0.2) is 24.3 Å². The van der Waals surface area contributed by atoms with Gasteiger partial charge in [0.1, 0.15) is 6.61 Å². The van der Waals surface area contributed by atoms with Gasteiger partial charge in [0, 0.05) is 0 Å². The van der Waals surface area contributed by atoms with Crippen molar-refractivity contribution in [3.05, 3.63) is 78.4 Å². The monoisotopic (exact) mass is 348 g/mol. The van der Waals surface area contributed by atoms with Crippen LogP contribution in [0.5, 0.6) is 11.5 Å². The third kappa shape index (κ3) is 4.83. The molecule has 1 N–H and O–H groups in total. The fourth-order valence-corrected chi connectivity index (χ4v) is 2.33. The van der Waals surface area contributed by atoms with Gasteiger partial charge in [-0.25, -0.2) is 5.43 Å². The normalized spacial score (nSPS) is 16.8. The number of benzene rings is 2. The second-order valence-electron chi connectivity index (χ2n) is 5.72. The maximum absolute atomic E-state index is 12.2. The molecule has 26 heavy (non-hydrogen) atoms. The zero-order chi connectivity index (χ0) is 18.2. The first kappa shape index (κ1) is 17.5. The Bertz CT molecular complexity index is 841. The van der Waals surface area contributed by atoms with E-state index in [1.165, 1.54) is 0 Å². The third-order valence-electron chi connectivity index (χ3n) is 3.68. The predicted octanol–water partition coefficient (Wildman–Crippen LogP) is 3.59. The van der Waals surface area contributed by atoms with Crippen molar-refractivity contribution < 1.29 is 14.3 Å². The third-order valence-corrected chi connectivity index (χ3v) is 3.68. The first-order chi connectivity index (χ1) is 12.7. The van der Waals surface area contributed by atoms with E-state index < -0.39 is 6.10 Å². The van der Waals surface area contributed by atoms with Gasteiger partial charge in [-0.15, -0.1) is 0 Å². The van der Waals surface area contributed by atoms with Crippen LogP contribution < -0.4 is 14.9 Å². The highest BCUT2D eigenvalue weighted by Gasteiger charge is 2.26. The number of allylic oxidation sites excluding steroid dienone is 3. The number of hydrogen-bond donors (Lipinski definition) is 1. The second-order valence-corrected chi connectivity index (χ2v) is 5.72. The summed E-state index contributed by atoms with van der Waals surface area (Å²) in [5.41, 5.74) is 4.30. The number of hydrogen-bond acceptors (Lipinski definition) is 4. The maximum atomic E-state index is 12.2. The number of nitrogens with one attached hydrogen (secondary N) is 1. The fourth-order valence-electron chi connectivity index (χ4n) is 2.33. The molecule has 1 aliphatic heterocycles. The summed E-state index contributed by atoms with van der Waals surface area (Å²) in [5.74, 6) is 0.863. The average Bonchev–Trinajstić information content (AvgIpc) is 2.70. The number of para-hydroxylation sites is 2. The molecule has 1 unspecified atom stereocenters. The zero-order valence-electron chi connectivity index (χ0n) is 14.5. The number of nitrogens with zero attached hydrogens (tertiary/aromatic N) is 1. The summed E-state index contributed by atoms with van der Waals surface area (Å²) in [4.78, 5) is 12.2. The molecule has 0 aromatic heterocycles. The summed E-state index contributed by atoms with van der Waals surface area (Å²) in [6, 6.07) is 17.3. The van der Waals surface area contributed by atoms with E-state index in [1.807, 2.05) is 66.8 Å². The van der Waals surface area contributed by atoms with Gasteiger partial charge >= 0.3 is 0 Å². The largest absolute Gasteiger partial charge is 0.485 e. The molecule has 2 aromatic rings. The average molecular weight is 348 g/mol. The number of amides is 1. The van der Waals surface area contributed by atoms with Gasteiger partial charge < -0.3 is 9.47 Å². The van der Waals surface area contributed by atoms with Gasteiger partial charge in [-0.1, -0.05) is 60.7 Å². The Balaban J connectivity index is 1.50. The van der Waals surface area contributed by atoms with Crippen molar-refractivity contribution in [2.75, 3.05) is 6.61 Å². The van der Waals surface area contributed by atoms with Crippen molar-refractivity contribution in [2.45, 2.75) is 13.0 Å². The smallest absolute Gasteiger partial charge is 0.284 e. The standard InChI is InChI=1S/C21H20N2O3/c1-16(9-5-6-12-17-10-3-2-4-11-17)22-23-21(24)20-15-25-18-13-7-8-14-19(18)26-20/h2-14,20H,15H2,1H3,(H,23,24). The summed E-state index contributed by atoms with van der Waals surface area (Å²) >= 11 is 0. The van der Waals surface area contributed by atoms with E-state index in [2.05, 4.69) is 10.5 Å². The van der Waals surface area contributed by atoms with E-state index in [0.29, 0.717) is 17.2 Å². The molecule has 0 fully saturated rings. The minimum Gasteiger partial charge on any atom is -0.485 e. The highest BCUT2D eigenvalue weighted by molar-refractivity contribution is 5.94. The van der Waals surface area contributed by atoms with Gasteiger partial charge in [-0.2, -0.15) is 5.10 Å². The molecular weight excluding hydrogens is 328 g/mol. The Labute approximate surface area is 152 Å². The summed E-state index contributed by atoms with van der Waals surface area (Å²) in [6.07, 6.45) is 6.88. The van der Waals surface area contributed by atoms with Crippen LogP contribution in [0, 0.1) is 0 Å². The first-order valence-electron chi connectivity index (χ1n) is 8.35. The van der Waals surface area contributed by atoms with Gasteiger partial charge in [0.25, 0.3) is 5.91 Å². The van der Waals surface area contributed by atoms with Crippen LogP contribution in [0.15, 0.2) is 77.9 Å². The molecule has 1 atom stereocenters. The van der Waals surface area contributed by atoms with Crippen LogP contribution in [0.25, 0.3) is 6.08 Å². The van der Waals surface area contributed by atoms with E-state index in [1.54, 1.807) is 19.1 Å². The molecule has 5 heteroatoms. The Morgan fingerprint density at radius 1 is 1.08 bits per heavy atom. The lowest BCUT2D eigenvalue weighted by atomic mass is 10.2. The minimum absolute atomic E-state index is 0.160. The van der Waals surface area contributed by atoms with Crippen LogP contribution in [-0.2, 0) is 4.79 Å². The van der Waals surface area contributed by atoms with Gasteiger partial charge in [0.05, 0.1) is 5.71 Å².